The number of carbonyl (C=O) groups is 2. The normalized spacial score (nSPS) is 11.0. The third-order valence-corrected chi connectivity index (χ3v) is 3.32. The quantitative estimate of drug-likeness (QED) is 0.444. The Morgan fingerprint density at radius 3 is 1.76 bits per heavy atom. The van der Waals surface area contributed by atoms with Gasteiger partial charge in [-0.1, -0.05) is 0 Å². The lowest BCUT2D eigenvalue weighted by Crippen LogP contribution is -2.17. The molecule has 0 amide bonds. The van der Waals surface area contributed by atoms with Crippen molar-refractivity contribution in [2.45, 2.75) is 19.6 Å². The Balaban J connectivity index is 0.000000335. The van der Waals surface area contributed by atoms with Crippen LogP contribution in [0.25, 0.3) is 0 Å². The van der Waals surface area contributed by atoms with Gasteiger partial charge in [0, 0.05) is 12.1 Å². The van der Waals surface area contributed by atoms with E-state index in [1.165, 1.54) is 0 Å². The molecular weight excluding hydrogens is 470 g/mol. The van der Waals surface area contributed by atoms with Crippen LogP contribution in [0.3, 0.4) is 0 Å². The van der Waals surface area contributed by atoms with Crippen LogP contribution in [0, 0.1) is 0 Å². The van der Waals surface area contributed by atoms with Crippen LogP contribution in [0.15, 0.2) is 36.4 Å². The van der Waals surface area contributed by atoms with Gasteiger partial charge >= 0.3 is 24.7 Å². The van der Waals surface area contributed by atoms with Crippen LogP contribution >= 0.6 is 0 Å². The maximum atomic E-state index is 12.0. The van der Waals surface area contributed by atoms with Gasteiger partial charge in [-0.2, -0.15) is 0 Å². The van der Waals surface area contributed by atoms with Gasteiger partial charge in [0.1, 0.15) is 34.1 Å². The standard InChI is InChI=1S/C11H11F3O4.C8H5F3O4/c1-3-17-9-6-7(18-11(12,13)14)4-5-8(9)10(15)16-2;9-8(10,11)15-4-1-2-5(7(13)14)6(12)3-4/h4-6H,3H2,1-2H3;1-3,12H,(H,13,14). The number of phenols is 1. The maximum absolute atomic E-state index is 12.0. The van der Waals surface area contributed by atoms with E-state index in [1.807, 2.05) is 0 Å². The van der Waals surface area contributed by atoms with E-state index in [4.69, 9.17) is 14.9 Å². The number of aromatic carboxylic acids is 1. The fourth-order valence-electron chi connectivity index (χ4n) is 2.14. The minimum Gasteiger partial charge on any atom is -0.507 e. The highest BCUT2D eigenvalue weighted by Crippen LogP contribution is 2.30. The molecule has 0 saturated heterocycles. The fraction of sp³-hybridized carbons (Fsp3) is 0.263. The Morgan fingerprint density at radius 1 is 0.879 bits per heavy atom. The van der Waals surface area contributed by atoms with Crippen molar-refractivity contribution >= 4 is 11.9 Å². The van der Waals surface area contributed by atoms with Gasteiger partial charge in [0.05, 0.1) is 13.7 Å². The van der Waals surface area contributed by atoms with E-state index in [0.717, 1.165) is 37.4 Å². The van der Waals surface area contributed by atoms with Crippen molar-refractivity contribution in [1.82, 2.24) is 0 Å². The maximum Gasteiger partial charge on any atom is 0.573 e. The molecular formula is C19H16F6O8. The number of hydrogen-bond acceptors (Lipinski definition) is 7. The predicted octanol–water partition coefficient (Wildman–Crippen LogP) is 4.76. The molecule has 0 heterocycles. The van der Waals surface area contributed by atoms with Crippen molar-refractivity contribution in [2.24, 2.45) is 0 Å². The van der Waals surface area contributed by atoms with Crippen LogP contribution in [-0.2, 0) is 4.74 Å². The van der Waals surface area contributed by atoms with Crippen molar-refractivity contribution in [3.63, 3.8) is 0 Å². The summed E-state index contributed by atoms with van der Waals surface area (Å²) in [7, 11) is 1.16. The van der Waals surface area contributed by atoms with E-state index in [2.05, 4.69) is 14.2 Å². The predicted molar refractivity (Wildman–Crippen MR) is 97.4 cm³/mol. The third-order valence-electron chi connectivity index (χ3n) is 3.32. The first kappa shape index (κ1) is 27.2. The number of rotatable bonds is 6. The molecule has 0 aliphatic heterocycles. The van der Waals surface area contributed by atoms with E-state index < -0.39 is 47.5 Å². The molecule has 2 N–H and O–H groups in total. The zero-order valence-corrected chi connectivity index (χ0v) is 16.8. The number of alkyl halides is 6. The molecule has 182 valence electrons. The minimum absolute atomic E-state index is 0.0221. The van der Waals surface area contributed by atoms with E-state index in [1.54, 1.807) is 6.92 Å². The summed E-state index contributed by atoms with van der Waals surface area (Å²) in [4.78, 5) is 21.7. The Kier molecular flexibility index (Phi) is 9.19. The summed E-state index contributed by atoms with van der Waals surface area (Å²) in [5.74, 6) is -4.08. The van der Waals surface area contributed by atoms with Crippen LogP contribution in [0.5, 0.6) is 23.0 Å². The molecule has 8 nitrogen and oxygen atoms in total. The van der Waals surface area contributed by atoms with E-state index in [-0.39, 0.29) is 17.9 Å². The number of hydrogen-bond donors (Lipinski definition) is 2. The summed E-state index contributed by atoms with van der Waals surface area (Å²) in [6, 6.07) is 5.36. The molecule has 0 fully saturated rings. The summed E-state index contributed by atoms with van der Waals surface area (Å²) in [5, 5.41) is 17.5. The zero-order chi connectivity index (χ0) is 25.4. The highest BCUT2D eigenvalue weighted by molar-refractivity contribution is 5.92. The molecule has 0 radical (unpaired) electrons. The molecule has 2 rings (SSSR count). The van der Waals surface area contributed by atoms with E-state index >= 15 is 0 Å². The molecule has 2 aromatic rings. The minimum atomic E-state index is -4.88. The Hall–Kier alpha value is -3.84. The number of carbonyl (C=O) groups excluding carboxylic acids is 1. The van der Waals surface area contributed by atoms with Gasteiger partial charge in [0.25, 0.3) is 0 Å². The summed E-state index contributed by atoms with van der Waals surface area (Å²) >= 11 is 0. The third kappa shape index (κ3) is 9.45. The molecule has 0 aliphatic carbocycles. The van der Waals surface area contributed by atoms with Gasteiger partial charge in [-0.3, -0.25) is 0 Å². The van der Waals surface area contributed by atoms with Crippen molar-refractivity contribution in [3.05, 3.63) is 47.5 Å². The zero-order valence-electron chi connectivity index (χ0n) is 16.8. The monoisotopic (exact) mass is 486 g/mol. The smallest absolute Gasteiger partial charge is 0.507 e. The molecule has 0 unspecified atom stereocenters. The van der Waals surface area contributed by atoms with Gasteiger partial charge in [0.15, 0.2) is 0 Å². The molecule has 0 atom stereocenters. The number of benzene rings is 2. The highest BCUT2D eigenvalue weighted by atomic mass is 19.4. The lowest BCUT2D eigenvalue weighted by atomic mass is 10.2. The summed E-state index contributed by atoms with van der Waals surface area (Å²) in [6.07, 6.45) is -9.67. The first-order valence-electron chi connectivity index (χ1n) is 8.59. The highest BCUT2D eigenvalue weighted by Gasteiger charge is 2.32. The van der Waals surface area contributed by atoms with E-state index in [9.17, 15) is 35.9 Å². The first-order chi connectivity index (χ1) is 15.2. The Labute approximate surface area is 181 Å². The Bertz CT molecular complexity index is 972. The van der Waals surface area contributed by atoms with Gasteiger partial charge in [-0.05, 0) is 31.2 Å². The molecule has 0 spiro atoms. The number of carboxylic acids is 1. The number of ether oxygens (including phenoxy) is 4. The number of esters is 1. The number of methoxy groups -OCH3 is 1. The average Bonchev–Trinajstić information content (AvgIpc) is 2.65. The van der Waals surface area contributed by atoms with Crippen LogP contribution in [0.4, 0.5) is 26.3 Å². The van der Waals surface area contributed by atoms with E-state index in [0.29, 0.717) is 6.07 Å². The van der Waals surface area contributed by atoms with Crippen molar-refractivity contribution in [3.8, 4) is 23.0 Å². The lowest BCUT2D eigenvalue weighted by molar-refractivity contribution is -0.275. The van der Waals surface area contributed by atoms with Crippen LogP contribution in [0.2, 0.25) is 0 Å². The second kappa shape index (κ2) is 11.2. The van der Waals surface area contributed by atoms with Crippen molar-refractivity contribution in [2.75, 3.05) is 13.7 Å². The summed E-state index contributed by atoms with van der Waals surface area (Å²) in [5.41, 5.74) is -0.460. The van der Waals surface area contributed by atoms with Crippen molar-refractivity contribution < 1.29 is 65.1 Å². The SMILES string of the molecule is CCOc1cc(OC(F)(F)F)ccc1C(=O)OC.O=C(O)c1ccc(OC(F)(F)F)cc1O. The topological polar surface area (TPSA) is 112 Å². The van der Waals surface area contributed by atoms with Crippen LogP contribution < -0.4 is 14.2 Å². The number of aromatic hydroxyl groups is 1. The van der Waals surface area contributed by atoms with Gasteiger partial charge < -0.3 is 29.2 Å². The van der Waals surface area contributed by atoms with Crippen LogP contribution in [-0.4, -0.2) is 48.6 Å². The fourth-order valence-corrected chi connectivity index (χ4v) is 2.14. The molecule has 0 saturated carbocycles. The second-order valence-electron chi connectivity index (χ2n) is 5.66. The largest absolute Gasteiger partial charge is 0.573 e. The van der Waals surface area contributed by atoms with Crippen molar-refractivity contribution in [1.29, 1.82) is 0 Å². The van der Waals surface area contributed by atoms with Crippen LogP contribution in [0.1, 0.15) is 27.6 Å². The molecule has 0 aliphatic rings. The summed E-state index contributed by atoms with van der Waals surface area (Å²) < 4.78 is 88.0. The molecule has 0 aromatic heterocycles. The van der Waals surface area contributed by atoms with Gasteiger partial charge in [0.2, 0.25) is 0 Å². The number of halogens is 6. The average molecular weight is 486 g/mol. The Morgan fingerprint density at radius 2 is 1.36 bits per heavy atom. The molecule has 0 bridgehead atoms. The molecule has 2 aromatic carbocycles. The molecule has 14 heteroatoms. The number of carboxylic acid groups (broad SMARTS) is 1. The van der Waals surface area contributed by atoms with Gasteiger partial charge in [-0.15, -0.1) is 26.3 Å². The van der Waals surface area contributed by atoms with Gasteiger partial charge in [-0.25, -0.2) is 9.59 Å². The molecule has 33 heavy (non-hydrogen) atoms. The second-order valence-corrected chi connectivity index (χ2v) is 5.66. The first-order valence-corrected chi connectivity index (χ1v) is 8.59. The lowest BCUT2D eigenvalue weighted by Gasteiger charge is -2.12. The summed E-state index contributed by atoms with van der Waals surface area (Å²) in [6.45, 7) is 1.83.